The molecule has 0 atom stereocenters. The summed E-state index contributed by atoms with van der Waals surface area (Å²) in [6, 6.07) is 14.0. The molecule has 0 amide bonds. The van der Waals surface area contributed by atoms with E-state index in [1.807, 2.05) is 24.3 Å². The molecular weight excluding hydrogens is 257 g/mol. The first kappa shape index (κ1) is 12.7. The first-order chi connectivity index (χ1) is 9.78. The van der Waals surface area contributed by atoms with Gasteiger partial charge in [0.1, 0.15) is 18.0 Å². The third-order valence-corrected chi connectivity index (χ3v) is 3.10. The molecule has 0 aliphatic heterocycles. The third-order valence-electron chi connectivity index (χ3n) is 3.10. The van der Waals surface area contributed by atoms with Gasteiger partial charge in [-0.25, -0.2) is 4.39 Å². The molecule has 3 aromatic rings. The van der Waals surface area contributed by atoms with Crippen LogP contribution in [0.2, 0.25) is 0 Å². The molecule has 0 aliphatic carbocycles. The fourth-order valence-corrected chi connectivity index (χ4v) is 2.12. The van der Waals surface area contributed by atoms with Crippen LogP contribution in [0.4, 0.5) is 4.39 Å². The second-order valence-electron chi connectivity index (χ2n) is 4.47. The second kappa shape index (κ2) is 5.35. The molecule has 0 unspecified atom stereocenters. The Morgan fingerprint density at radius 2 is 1.95 bits per heavy atom. The van der Waals surface area contributed by atoms with Crippen LogP contribution >= 0.6 is 0 Å². The molecule has 1 aromatic heterocycles. The average Bonchev–Trinajstić information content (AvgIpc) is 2.89. The minimum Gasteiger partial charge on any atom is -0.483 e. The van der Waals surface area contributed by atoms with Gasteiger partial charge in [-0.1, -0.05) is 30.3 Å². The molecule has 0 spiro atoms. The van der Waals surface area contributed by atoms with Crippen molar-refractivity contribution in [3.63, 3.8) is 0 Å². The maximum Gasteiger partial charge on any atom is 0.165 e. The van der Waals surface area contributed by atoms with E-state index in [1.54, 1.807) is 18.2 Å². The Morgan fingerprint density at radius 3 is 2.75 bits per heavy atom. The van der Waals surface area contributed by atoms with Crippen LogP contribution in [-0.2, 0) is 13.2 Å². The highest BCUT2D eigenvalue weighted by atomic mass is 19.1. The molecule has 4 heteroatoms. The summed E-state index contributed by atoms with van der Waals surface area (Å²) in [6.45, 7) is 0.595. The number of ether oxygens (including phenoxy) is 1. The molecule has 0 fully saturated rings. The van der Waals surface area contributed by atoms with Crippen molar-refractivity contribution in [3.8, 4) is 5.75 Å². The van der Waals surface area contributed by atoms with Crippen molar-refractivity contribution < 1.29 is 13.5 Å². The van der Waals surface area contributed by atoms with E-state index in [2.05, 4.69) is 0 Å². The zero-order valence-electron chi connectivity index (χ0n) is 10.8. The SMILES string of the molecule is NCc1cccc2cc(COc3ccccc3F)oc12. The largest absolute Gasteiger partial charge is 0.483 e. The predicted octanol–water partition coefficient (Wildman–Crippen LogP) is 3.61. The van der Waals surface area contributed by atoms with E-state index in [0.717, 1.165) is 16.5 Å². The van der Waals surface area contributed by atoms with Gasteiger partial charge in [0.2, 0.25) is 0 Å². The van der Waals surface area contributed by atoms with Crippen LogP contribution in [0.1, 0.15) is 11.3 Å². The maximum atomic E-state index is 13.4. The van der Waals surface area contributed by atoms with E-state index < -0.39 is 0 Å². The van der Waals surface area contributed by atoms with Gasteiger partial charge in [0.15, 0.2) is 11.6 Å². The van der Waals surface area contributed by atoms with Crippen molar-refractivity contribution >= 4 is 11.0 Å². The quantitative estimate of drug-likeness (QED) is 0.788. The van der Waals surface area contributed by atoms with Crippen molar-refractivity contribution in [2.75, 3.05) is 0 Å². The molecule has 0 bridgehead atoms. The van der Waals surface area contributed by atoms with Gasteiger partial charge >= 0.3 is 0 Å². The van der Waals surface area contributed by atoms with Crippen LogP contribution < -0.4 is 10.5 Å². The van der Waals surface area contributed by atoms with Crippen molar-refractivity contribution in [3.05, 3.63) is 65.7 Å². The van der Waals surface area contributed by atoms with E-state index in [4.69, 9.17) is 14.9 Å². The van der Waals surface area contributed by atoms with Crippen molar-refractivity contribution in [1.82, 2.24) is 0 Å². The van der Waals surface area contributed by atoms with Crippen molar-refractivity contribution in [2.24, 2.45) is 5.73 Å². The van der Waals surface area contributed by atoms with Gasteiger partial charge < -0.3 is 14.9 Å². The van der Waals surface area contributed by atoms with Crippen molar-refractivity contribution in [2.45, 2.75) is 13.2 Å². The number of para-hydroxylation sites is 2. The monoisotopic (exact) mass is 271 g/mol. The molecule has 20 heavy (non-hydrogen) atoms. The number of halogens is 1. The Hall–Kier alpha value is -2.33. The lowest BCUT2D eigenvalue weighted by Gasteiger charge is -2.04. The zero-order valence-corrected chi connectivity index (χ0v) is 10.8. The first-order valence-corrected chi connectivity index (χ1v) is 6.35. The van der Waals surface area contributed by atoms with Crippen LogP contribution in [0, 0.1) is 5.82 Å². The Labute approximate surface area is 115 Å². The van der Waals surface area contributed by atoms with E-state index in [9.17, 15) is 4.39 Å². The summed E-state index contributed by atoms with van der Waals surface area (Å²) in [7, 11) is 0. The second-order valence-corrected chi connectivity index (χ2v) is 4.47. The minimum atomic E-state index is -0.383. The number of rotatable bonds is 4. The van der Waals surface area contributed by atoms with Crippen LogP contribution in [0.15, 0.2) is 52.9 Å². The summed E-state index contributed by atoms with van der Waals surface area (Å²) >= 11 is 0. The number of hydrogen-bond donors (Lipinski definition) is 1. The molecule has 2 N–H and O–H groups in total. The molecule has 0 aliphatic rings. The number of furan rings is 1. The fraction of sp³-hybridized carbons (Fsp3) is 0.125. The van der Waals surface area contributed by atoms with Gasteiger partial charge in [0, 0.05) is 17.5 Å². The van der Waals surface area contributed by atoms with E-state index in [0.29, 0.717) is 12.3 Å². The lowest BCUT2D eigenvalue weighted by molar-refractivity contribution is 0.262. The molecule has 3 nitrogen and oxygen atoms in total. The van der Waals surface area contributed by atoms with Gasteiger partial charge in [-0.05, 0) is 18.2 Å². The molecule has 0 saturated carbocycles. The average molecular weight is 271 g/mol. The maximum absolute atomic E-state index is 13.4. The Balaban J connectivity index is 1.83. The van der Waals surface area contributed by atoms with Crippen LogP contribution in [0.3, 0.4) is 0 Å². The molecule has 0 radical (unpaired) electrons. The van der Waals surface area contributed by atoms with E-state index in [-0.39, 0.29) is 18.2 Å². The molecule has 3 rings (SSSR count). The normalized spacial score (nSPS) is 10.9. The number of nitrogens with two attached hydrogens (primary N) is 1. The van der Waals surface area contributed by atoms with Crippen LogP contribution in [0.5, 0.6) is 5.75 Å². The fourth-order valence-electron chi connectivity index (χ4n) is 2.12. The summed E-state index contributed by atoms with van der Waals surface area (Å²) < 4.78 is 24.6. The van der Waals surface area contributed by atoms with E-state index in [1.165, 1.54) is 6.07 Å². The highest BCUT2D eigenvalue weighted by Gasteiger charge is 2.09. The molecule has 102 valence electrons. The van der Waals surface area contributed by atoms with Crippen LogP contribution in [0.25, 0.3) is 11.0 Å². The summed E-state index contributed by atoms with van der Waals surface area (Å²) in [5.74, 6) is 0.474. The van der Waals surface area contributed by atoms with Gasteiger partial charge in [-0.3, -0.25) is 0 Å². The predicted molar refractivity (Wildman–Crippen MR) is 74.8 cm³/mol. The zero-order chi connectivity index (χ0) is 13.9. The lowest BCUT2D eigenvalue weighted by Crippen LogP contribution is -1.96. The molecule has 2 aromatic carbocycles. The summed E-state index contributed by atoms with van der Waals surface area (Å²) in [4.78, 5) is 0. The Morgan fingerprint density at radius 1 is 1.10 bits per heavy atom. The highest BCUT2D eigenvalue weighted by molar-refractivity contribution is 5.81. The van der Waals surface area contributed by atoms with Gasteiger partial charge in [0.25, 0.3) is 0 Å². The van der Waals surface area contributed by atoms with E-state index >= 15 is 0 Å². The lowest BCUT2D eigenvalue weighted by atomic mass is 10.1. The molecule has 0 saturated heterocycles. The Bertz CT molecular complexity index is 736. The van der Waals surface area contributed by atoms with Gasteiger partial charge in [-0.15, -0.1) is 0 Å². The topological polar surface area (TPSA) is 48.4 Å². The standard InChI is InChI=1S/C16H14FNO2/c17-14-6-1-2-7-15(14)19-10-13-8-11-4-3-5-12(9-18)16(11)20-13/h1-8H,9-10,18H2. The van der Waals surface area contributed by atoms with Gasteiger partial charge in [0.05, 0.1) is 0 Å². The minimum absolute atomic E-state index is 0.180. The molecular formula is C16H14FNO2. The smallest absolute Gasteiger partial charge is 0.165 e. The number of hydrogen-bond acceptors (Lipinski definition) is 3. The summed E-state index contributed by atoms with van der Waals surface area (Å²) in [5, 5.41) is 0.972. The van der Waals surface area contributed by atoms with Crippen LogP contribution in [-0.4, -0.2) is 0 Å². The summed E-state index contributed by atoms with van der Waals surface area (Å²) in [6.07, 6.45) is 0. The van der Waals surface area contributed by atoms with Crippen molar-refractivity contribution in [1.29, 1.82) is 0 Å². The summed E-state index contributed by atoms with van der Waals surface area (Å²) in [5.41, 5.74) is 7.38. The number of fused-ring (bicyclic) bond motifs is 1. The first-order valence-electron chi connectivity index (χ1n) is 6.35. The number of benzene rings is 2. The van der Waals surface area contributed by atoms with Gasteiger partial charge in [-0.2, -0.15) is 0 Å². The molecule has 1 heterocycles. The third kappa shape index (κ3) is 2.38. The Kier molecular flexibility index (Phi) is 3.39. The highest BCUT2D eigenvalue weighted by Crippen LogP contribution is 2.24.